The number of methoxy groups -OCH3 is 1. The number of aromatic amines is 1. The van der Waals surface area contributed by atoms with Gasteiger partial charge in [0.15, 0.2) is 0 Å². The van der Waals surface area contributed by atoms with E-state index in [2.05, 4.69) is 29.4 Å². The molecule has 31 heavy (non-hydrogen) atoms. The van der Waals surface area contributed by atoms with Gasteiger partial charge in [-0.25, -0.2) is 12.7 Å². The van der Waals surface area contributed by atoms with Gasteiger partial charge in [0.05, 0.1) is 5.75 Å². The van der Waals surface area contributed by atoms with E-state index < -0.39 is 10.0 Å². The second-order valence-electron chi connectivity index (χ2n) is 8.08. The van der Waals surface area contributed by atoms with Gasteiger partial charge >= 0.3 is 0 Å². The zero-order valence-corrected chi connectivity index (χ0v) is 18.5. The van der Waals surface area contributed by atoms with Crippen LogP contribution >= 0.6 is 0 Å². The van der Waals surface area contributed by atoms with Crippen molar-refractivity contribution in [1.29, 1.82) is 0 Å². The van der Waals surface area contributed by atoms with Gasteiger partial charge < -0.3 is 9.72 Å². The zero-order valence-electron chi connectivity index (χ0n) is 17.7. The lowest BCUT2D eigenvalue weighted by molar-refractivity contribution is 0.112. The van der Waals surface area contributed by atoms with Gasteiger partial charge in [-0.3, -0.25) is 4.79 Å². The molecule has 1 aliphatic rings. The van der Waals surface area contributed by atoms with Crippen molar-refractivity contribution in [1.82, 2.24) is 9.29 Å². The van der Waals surface area contributed by atoms with E-state index in [0.29, 0.717) is 37.6 Å². The van der Waals surface area contributed by atoms with Crippen LogP contribution in [0.1, 0.15) is 41.1 Å². The van der Waals surface area contributed by atoms with E-state index in [0.717, 1.165) is 41.2 Å². The predicted octanol–water partition coefficient (Wildman–Crippen LogP) is 4.19. The SMILES string of the molecule is COCCCS(=O)(=O)N1CCC(c2c[nH]c3ccc(-c4cccc(C=O)c4)cc23)CC1. The fourth-order valence-electron chi connectivity index (χ4n) is 4.41. The third-order valence-electron chi connectivity index (χ3n) is 6.11. The Hall–Kier alpha value is -2.48. The molecular formula is C24H28N2O4S. The van der Waals surface area contributed by atoms with Crippen molar-refractivity contribution in [3.8, 4) is 11.1 Å². The lowest BCUT2D eigenvalue weighted by atomic mass is 9.89. The summed E-state index contributed by atoms with van der Waals surface area (Å²) in [5.74, 6) is 0.456. The number of carbonyl (C=O) groups is 1. The average Bonchev–Trinajstić information content (AvgIpc) is 3.22. The van der Waals surface area contributed by atoms with E-state index in [1.807, 2.05) is 18.2 Å². The molecule has 2 aromatic carbocycles. The minimum atomic E-state index is -3.22. The largest absolute Gasteiger partial charge is 0.385 e. The lowest BCUT2D eigenvalue weighted by Crippen LogP contribution is -2.39. The molecule has 1 saturated heterocycles. The number of ether oxygens (including phenoxy) is 1. The fraction of sp³-hybridized carbons (Fsp3) is 0.375. The molecule has 0 unspecified atom stereocenters. The molecule has 1 fully saturated rings. The standard InChI is InChI=1S/C24H28N2O4S/c1-30-12-3-13-31(28,29)26-10-8-19(9-11-26)23-16-25-24-7-6-21(15-22(23)24)20-5-2-4-18(14-20)17-27/h2,4-7,14-17,19,25H,3,8-13H2,1H3. The maximum absolute atomic E-state index is 12.6. The highest BCUT2D eigenvalue weighted by atomic mass is 32.2. The van der Waals surface area contributed by atoms with Gasteiger partial charge in [0, 0.05) is 49.5 Å². The Morgan fingerprint density at radius 1 is 1.13 bits per heavy atom. The summed E-state index contributed by atoms with van der Waals surface area (Å²) >= 11 is 0. The summed E-state index contributed by atoms with van der Waals surface area (Å²) < 4.78 is 31.7. The molecule has 3 aromatic rings. The van der Waals surface area contributed by atoms with Crippen molar-refractivity contribution in [2.45, 2.75) is 25.2 Å². The van der Waals surface area contributed by atoms with E-state index in [1.165, 1.54) is 5.56 Å². The molecule has 0 radical (unpaired) electrons. The first-order valence-corrected chi connectivity index (χ1v) is 12.3. The van der Waals surface area contributed by atoms with Crippen LogP contribution in [0.3, 0.4) is 0 Å². The van der Waals surface area contributed by atoms with Gasteiger partial charge in [-0.15, -0.1) is 0 Å². The maximum Gasteiger partial charge on any atom is 0.214 e. The molecule has 0 spiro atoms. The van der Waals surface area contributed by atoms with E-state index in [-0.39, 0.29) is 5.75 Å². The number of aromatic nitrogens is 1. The van der Waals surface area contributed by atoms with Gasteiger partial charge in [-0.1, -0.05) is 24.3 Å². The quantitative estimate of drug-likeness (QED) is 0.421. The molecule has 7 heteroatoms. The van der Waals surface area contributed by atoms with E-state index in [4.69, 9.17) is 4.74 Å². The van der Waals surface area contributed by atoms with Crippen molar-refractivity contribution in [2.75, 3.05) is 32.6 Å². The van der Waals surface area contributed by atoms with Crippen LogP contribution in [0, 0.1) is 0 Å². The van der Waals surface area contributed by atoms with Crippen LogP contribution in [-0.4, -0.2) is 56.6 Å². The fourth-order valence-corrected chi connectivity index (χ4v) is 5.92. The molecule has 1 N–H and O–H groups in total. The van der Waals surface area contributed by atoms with E-state index in [9.17, 15) is 13.2 Å². The van der Waals surface area contributed by atoms with Crippen LogP contribution in [0.15, 0.2) is 48.7 Å². The number of hydrogen-bond donors (Lipinski definition) is 1. The zero-order chi connectivity index (χ0) is 21.8. The summed E-state index contributed by atoms with van der Waals surface area (Å²) in [6.45, 7) is 1.56. The van der Waals surface area contributed by atoms with Crippen LogP contribution in [0.5, 0.6) is 0 Å². The van der Waals surface area contributed by atoms with E-state index in [1.54, 1.807) is 17.5 Å². The second-order valence-corrected chi connectivity index (χ2v) is 10.2. The number of H-pyrrole nitrogens is 1. The molecular weight excluding hydrogens is 412 g/mol. The number of nitrogens with zero attached hydrogens (tertiary/aromatic N) is 1. The summed E-state index contributed by atoms with van der Waals surface area (Å²) in [6, 6.07) is 13.9. The third-order valence-corrected chi connectivity index (χ3v) is 8.06. The topological polar surface area (TPSA) is 79.5 Å². The molecule has 0 atom stereocenters. The molecule has 4 rings (SSSR count). The highest BCUT2D eigenvalue weighted by Gasteiger charge is 2.29. The number of aldehydes is 1. The highest BCUT2D eigenvalue weighted by molar-refractivity contribution is 7.89. The summed E-state index contributed by atoms with van der Waals surface area (Å²) in [7, 11) is -1.64. The highest BCUT2D eigenvalue weighted by Crippen LogP contribution is 2.35. The van der Waals surface area contributed by atoms with Gasteiger partial charge in [-0.2, -0.15) is 0 Å². The molecule has 1 aliphatic heterocycles. The number of sulfonamides is 1. The van der Waals surface area contributed by atoms with Crippen molar-refractivity contribution in [2.24, 2.45) is 0 Å². The Labute approximate surface area is 183 Å². The number of fused-ring (bicyclic) bond motifs is 1. The van der Waals surface area contributed by atoms with Gasteiger partial charge in [-0.05, 0) is 60.1 Å². The first kappa shape index (κ1) is 21.7. The monoisotopic (exact) mass is 440 g/mol. The molecule has 6 nitrogen and oxygen atoms in total. The van der Waals surface area contributed by atoms with Crippen molar-refractivity contribution in [3.63, 3.8) is 0 Å². The second kappa shape index (κ2) is 9.34. The molecule has 164 valence electrons. The minimum Gasteiger partial charge on any atom is -0.385 e. The summed E-state index contributed by atoms with van der Waals surface area (Å²) in [6.07, 6.45) is 5.06. The minimum absolute atomic E-state index is 0.141. The molecule has 2 heterocycles. The van der Waals surface area contributed by atoms with Crippen LogP contribution in [0.25, 0.3) is 22.0 Å². The molecule has 0 bridgehead atoms. The Balaban J connectivity index is 1.52. The molecule has 0 aliphatic carbocycles. The van der Waals surface area contributed by atoms with Crippen LogP contribution in [0.4, 0.5) is 0 Å². The van der Waals surface area contributed by atoms with Crippen LogP contribution < -0.4 is 0 Å². The van der Waals surface area contributed by atoms with Crippen molar-refractivity contribution in [3.05, 3.63) is 59.8 Å². The number of hydrogen-bond acceptors (Lipinski definition) is 4. The summed E-state index contributed by atoms with van der Waals surface area (Å²) in [5, 5.41) is 1.16. The van der Waals surface area contributed by atoms with Gasteiger partial charge in [0.2, 0.25) is 10.0 Å². The molecule has 0 amide bonds. The number of nitrogens with one attached hydrogen (secondary N) is 1. The van der Waals surface area contributed by atoms with Crippen LogP contribution in [0.2, 0.25) is 0 Å². The van der Waals surface area contributed by atoms with Gasteiger partial charge in [0.1, 0.15) is 6.29 Å². The van der Waals surface area contributed by atoms with Crippen molar-refractivity contribution < 1.29 is 17.9 Å². The van der Waals surface area contributed by atoms with Crippen molar-refractivity contribution >= 4 is 27.2 Å². The summed E-state index contributed by atoms with van der Waals surface area (Å²) in [5.41, 5.74) is 5.04. The number of piperidine rings is 1. The Morgan fingerprint density at radius 2 is 1.90 bits per heavy atom. The normalized spacial score (nSPS) is 16.0. The lowest BCUT2D eigenvalue weighted by Gasteiger charge is -2.31. The smallest absolute Gasteiger partial charge is 0.214 e. The van der Waals surface area contributed by atoms with E-state index >= 15 is 0 Å². The molecule has 0 saturated carbocycles. The predicted molar refractivity (Wildman–Crippen MR) is 123 cm³/mol. The Bertz CT molecular complexity index is 1160. The third kappa shape index (κ3) is 4.74. The first-order valence-electron chi connectivity index (χ1n) is 10.7. The Morgan fingerprint density at radius 3 is 2.65 bits per heavy atom. The Kier molecular flexibility index (Phi) is 6.55. The number of carbonyl (C=O) groups excluding carboxylic acids is 1. The number of rotatable bonds is 8. The van der Waals surface area contributed by atoms with Gasteiger partial charge in [0.25, 0.3) is 0 Å². The maximum atomic E-state index is 12.6. The van der Waals surface area contributed by atoms with Crippen LogP contribution in [-0.2, 0) is 14.8 Å². The molecule has 1 aromatic heterocycles. The first-order chi connectivity index (χ1) is 15.0. The summed E-state index contributed by atoms with van der Waals surface area (Å²) in [4.78, 5) is 14.5. The average molecular weight is 441 g/mol. The number of benzene rings is 2.